The van der Waals surface area contributed by atoms with E-state index in [1.165, 1.54) is 14.2 Å². The van der Waals surface area contributed by atoms with Gasteiger partial charge in [-0.1, -0.05) is 43.7 Å². The van der Waals surface area contributed by atoms with Gasteiger partial charge in [-0.2, -0.15) is 0 Å². The average Bonchev–Trinajstić information content (AvgIpc) is 2.99. The number of amides is 4. The van der Waals surface area contributed by atoms with Crippen molar-refractivity contribution in [3.63, 3.8) is 0 Å². The third-order valence-electron chi connectivity index (χ3n) is 5.04. The molecule has 2 aromatic carbocycles. The quantitative estimate of drug-likeness (QED) is 0.651. The van der Waals surface area contributed by atoms with Gasteiger partial charge in [0.2, 0.25) is 5.91 Å². The number of nitrogens with zero attached hydrogens (tertiary/aromatic N) is 1. The van der Waals surface area contributed by atoms with Gasteiger partial charge < -0.3 is 20.1 Å². The van der Waals surface area contributed by atoms with Gasteiger partial charge in [0, 0.05) is 11.8 Å². The number of urea groups is 1. The van der Waals surface area contributed by atoms with Crippen LogP contribution in [0.1, 0.15) is 25.3 Å². The van der Waals surface area contributed by atoms with E-state index in [-0.39, 0.29) is 0 Å². The van der Waals surface area contributed by atoms with Crippen LogP contribution in [0, 0.1) is 0 Å². The summed E-state index contributed by atoms with van der Waals surface area (Å²) in [6, 6.07) is 13.4. The number of carbonyl (C=O) groups excluding carboxylic acids is 3. The highest BCUT2D eigenvalue weighted by Gasteiger charge is 2.52. The van der Waals surface area contributed by atoms with Crippen molar-refractivity contribution < 1.29 is 23.9 Å². The maximum Gasteiger partial charge on any atom is 0.325 e. The zero-order chi connectivity index (χ0) is 21.7. The maximum atomic E-state index is 13.2. The van der Waals surface area contributed by atoms with E-state index in [1.807, 2.05) is 25.1 Å². The van der Waals surface area contributed by atoms with Gasteiger partial charge in [0.05, 0.1) is 14.2 Å². The van der Waals surface area contributed by atoms with Gasteiger partial charge in [-0.3, -0.25) is 14.5 Å². The highest BCUT2D eigenvalue weighted by Crippen LogP contribution is 2.34. The Hall–Kier alpha value is -3.55. The lowest BCUT2D eigenvalue weighted by Crippen LogP contribution is -2.44. The molecule has 0 radical (unpaired) electrons. The van der Waals surface area contributed by atoms with Crippen LogP contribution >= 0.6 is 0 Å². The number of methoxy groups -OCH3 is 2. The Balaban J connectivity index is 1.77. The number of ether oxygens (including phenoxy) is 2. The van der Waals surface area contributed by atoms with Crippen LogP contribution in [0.25, 0.3) is 0 Å². The molecule has 158 valence electrons. The van der Waals surface area contributed by atoms with Crippen molar-refractivity contribution >= 4 is 23.5 Å². The minimum Gasteiger partial charge on any atom is -0.493 e. The van der Waals surface area contributed by atoms with E-state index in [1.54, 1.807) is 30.3 Å². The number of hydrogen-bond donors (Lipinski definition) is 2. The van der Waals surface area contributed by atoms with Crippen LogP contribution in [0.4, 0.5) is 10.5 Å². The van der Waals surface area contributed by atoms with Crippen molar-refractivity contribution in [1.29, 1.82) is 0 Å². The monoisotopic (exact) mass is 411 g/mol. The molecule has 0 spiro atoms. The Morgan fingerprint density at radius 3 is 2.40 bits per heavy atom. The van der Waals surface area contributed by atoms with E-state index in [9.17, 15) is 14.4 Å². The van der Waals surface area contributed by atoms with E-state index in [4.69, 9.17) is 9.47 Å². The summed E-state index contributed by atoms with van der Waals surface area (Å²) in [6.45, 7) is 1.55. The molecule has 4 amide bonds. The van der Waals surface area contributed by atoms with Crippen molar-refractivity contribution in [2.45, 2.75) is 25.3 Å². The molecule has 0 saturated carbocycles. The molecule has 1 fully saturated rings. The number of anilines is 1. The Labute approximate surface area is 175 Å². The molecule has 3 rings (SSSR count). The van der Waals surface area contributed by atoms with E-state index in [0.717, 1.165) is 4.90 Å². The number of carbonyl (C=O) groups is 3. The number of benzene rings is 2. The Morgan fingerprint density at radius 1 is 1.07 bits per heavy atom. The lowest BCUT2D eigenvalue weighted by Gasteiger charge is -2.26. The maximum absolute atomic E-state index is 13.2. The smallest absolute Gasteiger partial charge is 0.325 e. The van der Waals surface area contributed by atoms with Crippen molar-refractivity contribution in [3.8, 4) is 11.5 Å². The second kappa shape index (κ2) is 8.86. The molecule has 1 aliphatic heterocycles. The molecule has 1 aliphatic rings. The SMILES string of the molecule is CCC[C@]1(c2ccccc2)NC(=O)N(CC(=O)Nc2ccc(OC)c(OC)c2)C1=O. The Bertz CT molecular complexity index is 947. The molecular formula is C22H25N3O5. The summed E-state index contributed by atoms with van der Waals surface area (Å²) >= 11 is 0. The second-order valence-corrected chi connectivity index (χ2v) is 6.96. The fourth-order valence-electron chi connectivity index (χ4n) is 3.63. The van der Waals surface area contributed by atoms with Gasteiger partial charge in [0.25, 0.3) is 5.91 Å². The molecule has 0 aliphatic carbocycles. The minimum absolute atomic E-state index is 0.392. The van der Waals surface area contributed by atoms with Crippen LogP contribution in [0.15, 0.2) is 48.5 Å². The lowest BCUT2D eigenvalue weighted by atomic mass is 9.85. The molecule has 1 atom stereocenters. The van der Waals surface area contributed by atoms with Gasteiger partial charge in [-0.25, -0.2) is 4.79 Å². The molecule has 2 N–H and O–H groups in total. The standard InChI is InChI=1S/C22H25N3O5/c1-4-12-22(15-8-6-5-7-9-15)20(27)25(21(28)24-22)14-19(26)23-16-10-11-17(29-2)18(13-16)30-3/h5-11,13H,4,12,14H2,1-3H3,(H,23,26)(H,24,28)/t22-/m1/s1. The van der Waals surface area contributed by atoms with Crippen molar-refractivity contribution in [2.24, 2.45) is 0 Å². The van der Waals surface area contributed by atoms with Crippen molar-refractivity contribution in [1.82, 2.24) is 10.2 Å². The summed E-state index contributed by atoms with van der Waals surface area (Å²) in [5.41, 5.74) is 0.0112. The van der Waals surface area contributed by atoms with Crippen LogP contribution in [0.3, 0.4) is 0 Å². The van der Waals surface area contributed by atoms with Crippen LogP contribution in [0.2, 0.25) is 0 Å². The molecule has 0 aromatic heterocycles. The second-order valence-electron chi connectivity index (χ2n) is 6.96. The number of nitrogens with one attached hydrogen (secondary N) is 2. The molecule has 0 unspecified atom stereocenters. The summed E-state index contributed by atoms with van der Waals surface area (Å²) in [4.78, 5) is 39.3. The lowest BCUT2D eigenvalue weighted by molar-refractivity contribution is -0.134. The first kappa shape index (κ1) is 21.2. The third kappa shape index (κ3) is 3.94. The molecule has 1 heterocycles. The highest BCUT2D eigenvalue weighted by atomic mass is 16.5. The molecule has 2 aromatic rings. The molecule has 0 bridgehead atoms. The van der Waals surface area contributed by atoms with Gasteiger partial charge in [-0.15, -0.1) is 0 Å². The predicted molar refractivity (Wildman–Crippen MR) is 111 cm³/mol. The van der Waals surface area contributed by atoms with Crippen molar-refractivity contribution in [3.05, 3.63) is 54.1 Å². The average molecular weight is 411 g/mol. The Morgan fingerprint density at radius 2 is 1.77 bits per heavy atom. The van der Waals surface area contributed by atoms with Crippen LogP contribution in [-0.4, -0.2) is 43.5 Å². The molecular weight excluding hydrogens is 386 g/mol. The molecule has 30 heavy (non-hydrogen) atoms. The van der Waals surface area contributed by atoms with Crippen LogP contribution in [-0.2, 0) is 15.1 Å². The topological polar surface area (TPSA) is 97.0 Å². The normalized spacial score (nSPS) is 18.2. The molecule has 1 saturated heterocycles. The van der Waals surface area contributed by atoms with Gasteiger partial charge in [-0.05, 0) is 24.1 Å². The van der Waals surface area contributed by atoms with Crippen molar-refractivity contribution in [2.75, 3.05) is 26.1 Å². The Kier molecular flexibility index (Phi) is 6.25. The first-order valence-corrected chi connectivity index (χ1v) is 9.66. The van der Waals surface area contributed by atoms with E-state index in [0.29, 0.717) is 35.6 Å². The molecule has 8 nitrogen and oxygen atoms in total. The third-order valence-corrected chi connectivity index (χ3v) is 5.04. The van der Waals surface area contributed by atoms with Gasteiger partial charge in [0.15, 0.2) is 11.5 Å². The summed E-state index contributed by atoms with van der Waals surface area (Å²) in [7, 11) is 3.01. The number of imide groups is 1. The largest absolute Gasteiger partial charge is 0.493 e. The predicted octanol–water partition coefficient (Wildman–Crippen LogP) is 2.89. The zero-order valence-electron chi connectivity index (χ0n) is 17.2. The minimum atomic E-state index is -1.16. The zero-order valence-corrected chi connectivity index (χ0v) is 17.2. The summed E-state index contributed by atoms with van der Waals surface area (Å²) < 4.78 is 10.4. The highest BCUT2D eigenvalue weighted by molar-refractivity contribution is 6.10. The van der Waals surface area contributed by atoms with E-state index < -0.39 is 29.9 Å². The van der Waals surface area contributed by atoms with E-state index in [2.05, 4.69) is 10.6 Å². The summed E-state index contributed by atoms with van der Waals surface area (Å²) in [5.74, 6) is 0.0576. The number of hydrogen-bond acceptors (Lipinski definition) is 5. The van der Waals surface area contributed by atoms with E-state index >= 15 is 0 Å². The van der Waals surface area contributed by atoms with Crippen LogP contribution in [0.5, 0.6) is 11.5 Å². The van der Waals surface area contributed by atoms with Gasteiger partial charge in [0.1, 0.15) is 12.1 Å². The summed E-state index contributed by atoms with van der Waals surface area (Å²) in [5, 5.41) is 5.49. The fraction of sp³-hybridized carbons (Fsp3) is 0.318. The number of rotatable bonds is 8. The molecule has 8 heteroatoms. The first-order chi connectivity index (χ1) is 14.4. The van der Waals surface area contributed by atoms with Gasteiger partial charge >= 0.3 is 6.03 Å². The fourth-order valence-corrected chi connectivity index (χ4v) is 3.63. The van der Waals surface area contributed by atoms with Crippen LogP contribution < -0.4 is 20.1 Å². The first-order valence-electron chi connectivity index (χ1n) is 9.66. The summed E-state index contributed by atoms with van der Waals surface area (Å²) in [6.07, 6.45) is 1.13.